The van der Waals surface area contributed by atoms with Gasteiger partial charge in [-0.2, -0.15) is 5.10 Å². The van der Waals surface area contributed by atoms with Crippen molar-refractivity contribution in [2.45, 2.75) is 39.2 Å². The minimum absolute atomic E-state index is 0.128. The van der Waals surface area contributed by atoms with Gasteiger partial charge in [0.1, 0.15) is 11.9 Å². The van der Waals surface area contributed by atoms with Gasteiger partial charge in [-0.25, -0.2) is 9.48 Å². The number of methoxy groups -OCH3 is 1. The molecule has 1 heterocycles. The molecule has 1 aliphatic carbocycles. The topological polar surface area (TPSA) is 65.4 Å². The maximum absolute atomic E-state index is 12.3. The molecule has 1 N–H and O–H groups in total. The third kappa shape index (κ3) is 4.50. The summed E-state index contributed by atoms with van der Waals surface area (Å²) in [6.45, 7) is 6.04. The van der Waals surface area contributed by atoms with Crippen LogP contribution in [0.2, 0.25) is 5.02 Å². The number of anilines is 1. The quantitative estimate of drug-likeness (QED) is 0.474. The summed E-state index contributed by atoms with van der Waals surface area (Å²) in [5, 5.41) is 8.22. The second-order valence-electron chi connectivity index (χ2n) is 7.95. The number of rotatable bonds is 5. The molecular formula is C25H26ClN3O3. The molecule has 166 valence electrons. The van der Waals surface area contributed by atoms with Crippen LogP contribution in [0.5, 0.6) is 5.75 Å². The molecule has 6 nitrogen and oxygen atoms in total. The number of nitrogens with zero attached hydrogens (tertiary/aromatic N) is 2. The Morgan fingerprint density at radius 2 is 1.88 bits per heavy atom. The molecule has 2 aromatic carbocycles. The van der Waals surface area contributed by atoms with Crippen LogP contribution in [0.15, 0.2) is 54.6 Å². The predicted octanol–water partition coefficient (Wildman–Crippen LogP) is 6.12. The minimum Gasteiger partial charge on any atom is -0.497 e. The summed E-state index contributed by atoms with van der Waals surface area (Å²) in [6, 6.07) is 13.0. The minimum atomic E-state index is -0.482. The Morgan fingerprint density at radius 1 is 1.12 bits per heavy atom. The van der Waals surface area contributed by atoms with Gasteiger partial charge in [-0.1, -0.05) is 23.7 Å². The van der Waals surface area contributed by atoms with Gasteiger partial charge in [0.2, 0.25) is 0 Å². The normalized spacial score (nSPS) is 17.4. The lowest BCUT2D eigenvalue weighted by atomic mass is 9.96. The molecular weight excluding hydrogens is 426 g/mol. The van der Waals surface area contributed by atoms with Gasteiger partial charge in [-0.05, 0) is 75.2 Å². The van der Waals surface area contributed by atoms with E-state index in [2.05, 4.69) is 18.3 Å². The van der Waals surface area contributed by atoms with E-state index in [1.165, 1.54) is 0 Å². The van der Waals surface area contributed by atoms with E-state index in [1.807, 2.05) is 42.8 Å². The number of halogens is 1. The number of aryl methyl sites for hydroxylation is 2. The van der Waals surface area contributed by atoms with Crippen molar-refractivity contribution in [3.8, 4) is 11.4 Å². The summed E-state index contributed by atoms with van der Waals surface area (Å²) >= 11 is 6.32. The van der Waals surface area contributed by atoms with Crippen LogP contribution in [0.4, 0.5) is 10.5 Å². The van der Waals surface area contributed by atoms with E-state index >= 15 is 0 Å². The van der Waals surface area contributed by atoms with E-state index < -0.39 is 6.09 Å². The van der Waals surface area contributed by atoms with Crippen molar-refractivity contribution < 1.29 is 14.3 Å². The highest BCUT2D eigenvalue weighted by atomic mass is 35.5. The Morgan fingerprint density at radius 3 is 2.56 bits per heavy atom. The number of aromatic nitrogens is 2. The smallest absolute Gasteiger partial charge is 0.412 e. The SMILES string of the molecule is COc1ccc(NC(=O)O[C@@H]2C=C[C@H](c3c(C)nn(-c4ccc(C)c(Cl)c4)c3C)C2)cc1. The van der Waals surface area contributed by atoms with Crippen LogP contribution in [-0.2, 0) is 4.74 Å². The number of hydrogen-bond acceptors (Lipinski definition) is 4. The first-order valence-electron chi connectivity index (χ1n) is 10.5. The van der Waals surface area contributed by atoms with Crippen LogP contribution in [0.3, 0.4) is 0 Å². The summed E-state index contributed by atoms with van der Waals surface area (Å²) in [5.41, 5.74) is 5.78. The predicted molar refractivity (Wildman–Crippen MR) is 126 cm³/mol. The van der Waals surface area contributed by atoms with E-state index in [4.69, 9.17) is 26.2 Å². The van der Waals surface area contributed by atoms with Crippen LogP contribution in [0.25, 0.3) is 5.69 Å². The molecule has 4 rings (SSSR count). The first-order valence-corrected chi connectivity index (χ1v) is 10.9. The molecule has 3 aromatic rings. The summed E-state index contributed by atoms with van der Waals surface area (Å²) in [7, 11) is 1.60. The fourth-order valence-corrected chi connectivity index (χ4v) is 4.26. The van der Waals surface area contributed by atoms with Gasteiger partial charge in [0, 0.05) is 27.9 Å². The van der Waals surface area contributed by atoms with E-state index in [-0.39, 0.29) is 12.0 Å². The number of hydrogen-bond donors (Lipinski definition) is 1. The monoisotopic (exact) mass is 451 g/mol. The van der Waals surface area contributed by atoms with Crippen LogP contribution in [0, 0.1) is 20.8 Å². The van der Waals surface area contributed by atoms with Crippen molar-refractivity contribution in [1.82, 2.24) is 9.78 Å². The third-order valence-corrected chi connectivity index (χ3v) is 6.16. The zero-order valence-electron chi connectivity index (χ0n) is 18.6. The molecule has 32 heavy (non-hydrogen) atoms. The van der Waals surface area contributed by atoms with Gasteiger partial charge < -0.3 is 9.47 Å². The lowest BCUT2D eigenvalue weighted by Gasteiger charge is -2.15. The van der Waals surface area contributed by atoms with Crippen molar-refractivity contribution in [3.63, 3.8) is 0 Å². The number of carbonyl (C=O) groups is 1. The molecule has 0 bridgehead atoms. The second-order valence-corrected chi connectivity index (χ2v) is 8.36. The van der Waals surface area contributed by atoms with E-state index in [0.717, 1.165) is 34.0 Å². The second kappa shape index (κ2) is 9.09. The summed E-state index contributed by atoms with van der Waals surface area (Å²) < 4.78 is 12.7. The van der Waals surface area contributed by atoms with Gasteiger partial charge >= 0.3 is 6.09 Å². The summed E-state index contributed by atoms with van der Waals surface area (Å²) in [6.07, 6.45) is 3.93. The Hall–Kier alpha value is -3.25. The van der Waals surface area contributed by atoms with E-state index in [1.54, 1.807) is 31.4 Å². The Balaban J connectivity index is 1.43. The highest BCUT2D eigenvalue weighted by molar-refractivity contribution is 6.31. The number of nitrogens with one attached hydrogen (secondary N) is 1. The summed E-state index contributed by atoms with van der Waals surface area (Å²) in [5.74, 6) is 0.855. The number of carbonyl (C=O) groups excluding carboxylic acids is 1. The molecule has 1 amide bonds. The zero-order valence-corrected chi connectivity index (χ0v) is 19.3. The molecule has 7 heteroatoms. The highest BCUT2D eigenvalue weighted by Crippen LogP contribution is 2.35. The summed E-state index contributed by atoms with van der Waals surface area (Å²) in [4.78, 5) is 12.3. The fraction of sp³-hybridized carbons (Fsp3) is 0.280. The molecule has 1 aliphatic rings. The molecule has 0 spiro atoms. The molecule has 0 radical (unpaired) electrons. The molecule has 1 aromatic heterocycles. The van der Waals surface area contributed by atoms with Gasteiger partial charge in [-0.3, -0.25) is 5.32 Å². The van der Waals surface area contributed by atoms with E-state index in [0.29, 0.717) is 17.1 Å². The van der Waals surface area contributed by atoms with Crippen molar-refractivity contribution in [2.75, 3.05) is 12.4 Å². The van der Waals surface area contributed by atoms with Gasteiger partial charge in [-0.15, -0.1) is 0 Å². The maximum atomic E-state index is 12.3. The zero-order chi connectivity index (χ0) is 22.8. The van der Waals surface area contributed by atoms with E-state index in [9.17, 15) is 4.79 Å². The highest BCUT2D eigenvalue weighted by Gasteiger charge is 2.28. The number of benzene rings is 2. The third-order valence-electron chi connectivity index (χ3n) is 5.76. The van der Waals surface area contributed by atoms with Crippen LogP contribution in [-0.4, -0.2) is 29.1 Å². The van der Waals surface area contributed by atoms with Crippen LogP contribution >= 0.6 is 11.6 Å². The van der Waals surface area contributed by atoms with Gasteiger partial charge in [0.15, 0.2) is 0 Å². The average molecular weight is 452 g/mol. The molecule has 0 fully saturated rings. The van der Waals surface area contributed by atoms with Crippen LogP contribution in [0.1, 0.15) is 34.9 Å². The molecule has 2 atom stereocenters. The van der Waals surface area contributed by atoms with Gasteiger partial charge in [0.05, 0.1) is 18.5 Å². The Bertz CT molecular complexity index is 1170. The first kappa shape index (κ1) is 22.0. The fourth-order valence-electron chi connectivity index (χ4n) is 4.08. The lowest BCUT2D eigenvalue weighted by Crippen LogP contribution is -2.20. The van der Waals surface area contributed by atoms with Crippen molar-refractivity contribution in [2.24, 2.45) is 0 Å². The first-order chi connectivity index (χ1) is 15.4. The average Bonchev–Trinajstić information content (AvgIpc) is 3.33. The number of ether oxygens (including phenoxy) is 2. The maximum Gasteiger partial charge on any atom is 0.412 e. The number of allylic oxidation sites excluding steroid dienone is 1. The van der Waals surface area contributed by atoms with Crippen LogP contribution < -0.4 is 10.1 Å². The van der Waals surface area contributed by atoms with Crippen molar-refractivity contribution in [1.29, 1.82) is 0 Å². The van der Waals surface area contributed by atoms with Crippen molar-refractivity contribution in [3.05, 3.63) is 82.2 Å². The largest absolute Gasteiger partial charge is 0.497 e. The Kier molecular flexibility index (Phi) is 6.24. The standard InChI is InChI=1S/C25H26ClN3O3/c1-15-5-9-20(14-23(15)26)29-17(3)24(16(2)28-29)18-6-10-22(13-18)32-25(30)27-19-7-11-21(31-4)12-8-19/h5-12,14,18,22H,13H2,1-4H3,(H,27,30)/t18-,22+/m0/s1. The number of amides is 1. The molecule has 0 saturated heterocycles. The molecule has 0 unspecified atom stereocenters. The van der Waals surface area contributed by atoms with Crippen molar-refractivity contribution >= 4 is 23.4 Å². The van der Waals surface area contributed by atoms with Gasteiger partial charge in [0.25, 0.3) is 0 Å². The molecule has 0 saturated carbocycles. The lowest BCUT2D eigenvalue weighted by molar-refractivity contribution is 0.132. The molecule has 0 aliphatic heterocycles. The Labute approximate surface area is 192 Å².